The first-order valence-corrected chi connectivity index (χ1v) is 15.0. The van der Waals surface area contributed by atoms with Gasteiger partial charge in [-0.3, -0.25) is 0 Å². The van der Waals surface area contributed by atoms with E-state index in [1.807, 2.05) is 0 Å². The van der Waals surface area contributed by atoms with E-state index in [0.29, 0.717) is 5.92 Å². The number of hydrogen-bond acceptors (Lipinski definition) is 0. The SMILES string of the molecule is CC1(C)c2cc3c(cc2CC(c2ccccc2)c2ccccc21)c1ccccc1n3-c1ccc(-c2ccccc2)cc1. The maximum absolute atomic E-state index is 2.51. The largest absolute Gasteiger partial charge is 0.309 e. The molecule has 202 valence electrons. The van der Waals surface area contributed by atoms with Crippen LogP contribution in [0, 0.1) is 0 Å². The van der Waals surface area contributed by atoms with Gasteiger partial charge < -0.3 is 4.57 Å². The summed E-state index contributed by atoms with van der Waals surface area (Å²) >= 11 is 0. The number of aromatic nitrogens is 1. The highest BCUT2D eigenvalue weighted by molar-refractivity contribution is 6.10. The molecular weight excluding hydrogens is 506 g/mol. The molecule has 1 aromatic heterocycles. The summed E-state index contributed by atoms with van der Waals surface area (Å²) < 4.78 is 2.46. The van der Waals surface area contributed by atoms with Gasteiger partial charge in [0.25, 0.3) is 0 Å². The fraction of sp³-hybridized carbons (Fsp3) is 0.122. The van der Waals surface area contributed by atoms with Crippen molar-refractivity contribution in [2.24, 2.45) is 0 Å². The summed E-state index contributed by atoms with van der Waals surface area (Å²) in [4.78, 5) is 0. The van der Waals surface area contributed by atoms with Gasteiger partial charge in [-0.2, -0.15) is 0 Å². The molecule has 42 heavy (non-hydrogen) atoms. The van der Waals surface area contributed by atoms with Gasteiger partial charge in [0.05, 0.1) is 11.0 Å². The average Bonchev–Trinajstić information content (AvgIpc) is 3.32. The standard InChI is InChI=1S/C41H33N/c1-41(2)37-19-11-9-17-33(37)35(30-15-7-4-8-16-30)25-31-26-36-34-18-10-12-20-39(34)42(40(36)27-38(31)41)32-23-21-29(22-24-32)28-13-5-3-6-14-28/h3-24,26-27,35H,25H2,1-2H3. The van der Waals surface area contributed by atoms with Crippen LogP contribution in [0.15, 0.2) is 146 Å². The van der Waals surface area contributed by atoms with Crippen LogP contribution in [0.5, 0.6) is 0 Å². The second kappa shape index (κ2) is 9.60. The van der Waals surface area contributed by atoms with Gasteiger partial charge in [0.15, 0.2) is 0 Å². The van der Waals surface area contributed by atoms with Crippen LogP contribution in [-0.2, 0) is 11.8 Å². The van der Waals surface area contributed by atoms with E-state index in [1.165, 1.54) is 66.4 Å². The number of benzene rings is 6. The zero-order chi connectivity index (χ0) is 28.3. The quantitative estimate of drug-likeness (QED) is 0.210. The molecular formula is C41H33N. The molecule has 1 nitrogen and oxygen atoms in total. The molecule has 1 unspecified atom stereocenters. The molecule has 1 aliphatic rings. The smallest absolute Gasteiger partial charge is 0.0544 e. The third-order valence-corrected chi connectivity index (χ3v) is 9.44. The number of rotatable bonds is 3. The van der Waals surface area contributed by atoms with Gasteiger partial charge in [0, 0.05) is 27.8 Å². The zero-order valence-electron chi connectivity index (χ0n) is 24.1. The fourth-order valence-electron chi connectivity index (χ4n) is 7.35. The monoisotopic (exact) mass is 539 g/mol. The summed E-state index contributed by atoms with van der Waals surface area (Å²) in [5, 5.41) is 2.63. The summed E-state index contributed by atoms with van der Waals surface area (Å²) in [6.45, 7) is 4.82. The van der Waals surface area contributed by atoms with Gasteiger partial charge in [-0.1, -0.05) is 129 Å². The highest BCUT2D eigenvalue weighted by atomic mass is 15.0. The van der Waals surface area contributed by atoms with Crippen molar-refractivity contribution in [1.29, 1.82) is 0 Å². The minimum absolute atomic E-state index is 0.137. The predicted octanol–water partition coefficient (Wildman–Crippen LogP) is 10.5. The van der Waals surface area contributed by atoms with Crippen molar-refractivity contribution in [2.75, 3.05) is 0 Å². The van der Waals surface area contributed by atoms with E-state index in [-0.39, 0.29) is 5.41 Å². The molecule has 0 amide bonds. The molecule has 1 heteroatoms. The maximum Gasteiger partial charge on any atom is 0.0544 e. The Labute approximate surface area is 247 Å². The van der Waals surface area contributed by atoms with Crippen molar-refractivity contribution in [3.63, 3.8) is 0 Å². The third kappa shape index (κ3) is 3.84. The number of para-hydroxylation sites is 1. The Morgan fingerprint density at radius 1 is 0.548 bits per heavy atom. The van der Waals surface area contributed by atoms with Crippen LogP contribution in [0.25, 0.3) is 38.6 Å². The Kier molecular flexibility index (Phi) is 5.69. The van der Waals surface area contributed by atoms with Crippen molar-refractivity contribution >= 4 is 21.8 Å². The maximum atomic E-state index is 2.51. The van der Waals surface area contributed by atoms with E-state index in [0.717, 1.165) is 6.42 Å². The average molecular weight is 540 g/mol. The van der Waals surface area contributed by atoms with Gasteiger partial charge in [0.1, 0.15) is 0 Å². The zero-order valence-corrected chi connectivity index (χ0v) is 24.1. The molecule has 0 bridgehead atoms. The topological polar surface area (TPSA) is 4.93 Å². The van der Waals surface area contributed by atoms with E-state index >= 15 is 0 Å². The first-order chi connectivity index (χ1) is 20.6. The normalized spacial score (nSPS) is 15.7. The molecule has 7 aromatic rings. The van der Waals surface area contributed by atoms with E-state index < -0.39 is 0 Å². The van der Waals surface area contributed by atoms with Crippen molar-refractivity contribution in [3.05, 3.63) is 173 Å². The molecule has 1 atom stereocenters. The number of hydrogen-bond donors (Lipinski definition) is 0. The van der Waals surface area contributed by atoms with Crippen LogP contribution in [0.2, 0.25) is 0 Å². The first-order valence-electron chi connectivity index (χ1n) is 15.0. The van der Waals surface area contributed by atoms with Crippen molar-refractivity contribution < 1.29 is 0 Å². The second-order valence-corrected chi connectivity index (χ2v) is 12.2. The molecule has 0 saturated carbocycles. The van der Waals surface area contributed by atoms with E-state index in [9.17, 15) is 0 Å². The summed E-state index contributed by atoms with van der Waals surface area (Å²) in [7, 11) is 0. The van der Waals surface area contributed by atoms with Gasteiger partial charge in [-0.05, 0) is 75.7 Å². The highest BCUT2D eigenvalue weighted by Gasteiger charge is 2.35. The molecule has 0 N–H and O–H groups in total. The highest BCUT2D eigenvalue weighted by Crippen LogP contribution is 2.47. The predicted molar refractivity (Wildman–Crippen MR) is 177 cm³/mol. The summed E-state index contributed by atoms with van der Waals surface area (Å²) in [5.41, 5.74) is 13.2. The summed E-state index contributed by atoms with van der Waals surface area (Å²) in [6.07, 6.45) is 0.987. The number of nitrogens with zero attached hydrogens (tertiary/aromatic N) is 1. The molecule has 0 saturated heterocycles. The van der Waals surface area contributed by atoms with Gasteiger partial charge in [0.2, 0.25) is 0 Å². The van der Waals surface area contributed by atoms with Crippen LogP contribution in [0.4, 0.5) is 0 Å². The van der Waals surface area contributed by atoms with E-state index in [4.69, 9.17) is 0 Å². The molecule has 6 aromatic carbocycles. The van der Waals surface area contributed by atoms with Gasteiger partial charge in [-0.15, -0.1) is 0 Å². The molecule has 0 spiro atoms. The van der Waals surface area contributed by atoms with Crippen LogP contribution >= 0.6 is 0 Å². The van der Waals surface area contributed by atoms with E-state index in [2.05, 4.69) is 164 Å². The summed E-state index contributed by atoms with van der Waals surface area (Å²) in [6, 6.07) is 53.7. The number of fused-ring (bicyclic) bond motifs is 5. The minimum atomic E-state index is -0.137. The van der Waals surface area contributed by atoms with Crippen molar-refractivity contribution in [2.45, 2.75) is 31.6 Å². The Hall–Kier alpha value is -4.88. The van der Waals surface area contributed by atoms with Gasteiger partial charge >= 0.3 is 0 Å². The molecule has 0 radical (unpaired) electrons. The lowest BCUT2D eigenvalue weighted by molar-refractivity contribution is 0.636. The molecule has 0 fully saturated rings. The van der Waals surface area contributed by atoms with Gasteiger partial charge in [-0.25, -0.2) is 0 Å². The van der Waals surface area contributed by atoms with Crippen molar-refractivity contribution in [1.82, 2.24) is 4.57 Å². The minimum Gasteiger partial charge on any atom is -0.309 e. The second-order valence-electron chi connectivity index (χ2n) is 12.2. The van der Waals surface area contributed by atoms with Crippen LogP contribution in [0.3, 0.4) is 0 Å². The lowest BCUT2D eigenvalue weighted by Gasteiger charge is -2.29. The Morgan fingerprint density at radius 2 is 1.19 bits per heavy atom. The Morgan fingerprint density at radius 3 is 1.98 bits per heavy atom. The van der Waals surface area contributed by atoms with Crippen molar-refractivity contribution in [3.8, 4) is 16.8 Å². The third-order valence-electron chi connectivity index (χ3n) is 9.44. The van der Waals surface area contributed by atoms with E-state index in [1.54, 1.807) is 0 Å². The lowest BCUT2D eigenvalue weighted by atomic mass is 9.75. The first kappa shape index (κ1) is 24.9. The molecule has 1 aliphatic carbocycles. The fourth-order valence-corrected chi connectivity index (χ4v) is 7.35. The molecule has 0 aliphatic heterocycles. The molecule has 1 heterocycles. The van der Waals surface area contributed by atoms with Crippen LogP contribution in [-0.4, -0.2) is 4.57 Å². The Bertz CT molecular complexity index is 2060. The molecule has 8 rings (SSSR count). The lowest BCUT2D eigenvalue weighted by Crippen LogP contribution is -2.21. The van der Waals surface area contributed by atoms with Crippen LogP contribution in [0.1, 0.15) is 47.6 Å². The van der Waals surface area contributed by atoms with Crippen LogP contribution < -0.4 is 0 Å². The summed E-state index contributed by atoms with van der Waals surface area (Å²) in [5.74, 6) is 0.319. The Balaban J connectivity index is 1.37.